The van der Waals surface area contributed by atoms with Crippen LogP contribution in [0.3, 0.4) is 0 Å². The Morgan fingerprint density at radius 2 is 0.600 bits per heavy atom. The predicted molar refractivity (Wildman–Crippen MR) is 142 cm³/mol. The quantitative estimate of drug-likeness (QED) is 0.157. The first-order chi connectivity index (χ1) is 19.0. The van der Waals surface area contributed by atoms with Crippen LogP contribution in [0.4, 0.5) is 0 Å². The molecule has 0 saturated heterocycles. The van der Waals surface area contributed by atoms with Crippen molar-refractivity contribution < 1.29 is 58.6 Å². The van der Waals surface area contributed by atoms with Gasteiger partial charge in [0.25, 0.3) is 0 Å². The molecule has 0 saturated carbocycles. The summed E-state index contributed by atoms with van der Waals surface area (Å²) in [4.78, 5) is 49.6. The second-order valence-corrected chi connectivity index (χ2v) is 8.73. The number of hydrogen-bond donors (Lipinski definition) is 4. The lowest BCUT2D eigenvalue weighted by atomic mass is 9.82. The molecule has 0 spiro atoms. The van der Waals surface area contributed by atoms with Crippen LogP contribution in [-0.2, 0) is 0 Å². The van der Waals surface area contributed by atoms with Crippen molar-refractivity contribution in [2.45, 2.75) is 0 Å². The van der Waals surface area contributed by atoms with E-state index in [4.69, 9.17) is 18.9 Å². The van der Waals surface area contributed by atoms with E-state index in [1.807, 2.05) is 0 Å². The fourth-order valence-electron chi connectivity index (χ4n) is 5.48. The van der Waals surface area contributed by atoms with Crippen LogP contribution in [0.15, 0.2) is 24.3 Å². The van der Waals surface area contributed by atoms with E-state index in [1.165, 1.54) is 28.4 Å². The lowest BCUT2D eigenvalue weighted by Gasteiger charge is -2.24. The molecular formula is C28H20O12. The third-order valence-corrected chi connectivity index (χ3v) is 6.97. The van der Waals surface area contributed by atoms with Gasteiger partial charge < -0.3 is 39.4 Å². The first-order valence-corrected chi connectivity index (χ1v) is 11.5. The Bertz CT molecular complexity index is 1680. The highest BCUT2D eigenvalue weighted by molar-refractivity contribution is 6.42. The van der Waals surface area contributed by atoms with E-state index in [-0.39, 0.29) is 88.3 Å². The van der Waals surface area contributed by atoms with Crippen molar-refractivity contribution in [1.82, 2.24) is 0 Å². The van der Waals surface area contributed by atoms with Crippen LogP contribution >= 0.6 is 0 Å². The zero-order chi connectivity index (χ0) is 29.2. The van der Waals surface area contributed by atoms with Crippen LogP contribution in [0.1, 0.15) is 41.4 Å². The minimum absolute atomic E-state index is 0.0104. The molecule has 12 heteroatoms. The molecule has 0 aromatic heterocycles. The number of carboxylic acids is 4. The average Bonchev–Trinajstić information content (AvgIpc) is 2.93. The molecule has 40 heavy (non-hydrogen) atoms. The minimum Gasteiger partial charge on any atom is -0.496 e. The Morgan fingerprint density at radius 1 is 0.400 bits per heavy atom. The lowest BCUT2D eigenvalue weighted by Crippen LogP contribution is -2.10. The van der Waals surface area contributed by atoms with Gasteiger partial charge >= 0.3 is 23.9 Å². The highest BCUT2D eigenvalue weighted by Crippen LogP contribution is 2.54. The molecule has 0 aliphatic rings. The maximum Gasteiger partial charge on any atom is 0.336 e. The van der Waals surface area contributed by atoms with Gasteiger partial charge in [0.15, 0.2) is 0 Å². The predicted octanol–water partition coefficient (Wildman–Crippen LogP) is 4.56. The summed E-state index contributed by atoms with van der Waals surface area (Å²) >= 11 is 0. The number of rotatable bonds is 8. The number of ether oxygens (including phenoxy) is 4. The molecule has 0 aliphatic heterocycles. The van der Waals surface area contributed by atoms with Crippen molar-refractivity contribution in [3.05, 3.63) is 46.5 Å². The zero-order valence-corrected chi connectivity index (χ0v) is 21.4. The van der Waals surface area contributed by atoms with Crippen molar-refractivity contribution in [1.29, 1.82) is 0 Å². The molecule has 0 fully saturated rings. The van der Waals surface area contributed by atoms with E-state index >= 15 is 0 Å². The lowest BCUT2D eigenvalue weighted by molar-refractivity contribution is 0.0680. The molecule has 4 N–H and O–H groups in total. The molecular weight excluding hydrogens is 528 g/mol. The number of methoxy groups -OCH3 is 4. The standard InChI is InChI=1S/C28H20O12/c1-37-13-5-9(25(29)30)17-10(26(31)32)7-15(39-3)21-22-16(40-4)8-12(28(35)36)18-11(27(33)34)6-14(38-2)20(24(18)22)19(13)23(17)21/h5-8H,1-4H3,(H,29,30)(H,31,32)(H,33,34)(H,35,36). The Morgan fingerprint density at radius 3 is 0.750 bits per heavy atom. The third kappa shape index (κ3) is 3.32. The van der Waals surface area contributed by atoms with Crippen molar-refractivity contribution >= 4 is 67.0 Å². The molecule has 0 amide bonds. The van der Waals surface area contributed by atoms with Gasteiger partial charge in [0.2, 0.25) is 0 Å². The smallest absolute Gasteiger partial charge is 0.336 e. The van der Waals surface area contributed by atoms with Gasteiger partial charge in [-0.2, -0.15) is 0 Å². The van der Waals surface area contributed by atoms with Crippen molar-refractivity contribution in [3.8, 4) is 23.0 Å². The van der Waals surface area contributed by atoms with Gasteiger partial charge in [0, 0.05) is 43.1 Å². The van der Waals surface area contributed by atoms with Gasteiger partial charge in [-0.05, 0) is 24.3 Å². The van der Waals surface area contributed by atoms with Gasteiger partial charge in [-0.25, -0.2) is 19.2 Å². The summed E-state index contributed by atoms with van der Waals surface area (Å²) in [6.07, 6.45) is 0. The molecule has 5 rings (SSSR count). The molecule has 0 heterocycles. The number of benzene rings is 5. The highest BCUT2D eigenvalue weighted by Gasteiger charge is 2.33. The summed E-state index contributed by atoms with van der Waals surface area (Å²) in [5.41, 5.74) is -1.50. The second-order valence-electron chi connectivity index (χ2n) is 8.73. The van der Waals surface area contributed by atoms with E-state index in [1.54, 1.807) is 0 Å². The Labute approximate surface area is 223 Å². The van der Waals surface area contributed by atoms with Crippen LogP contribution in [0.5, 0.6) is 23.0 Å². The molecule has 5 aromatic rings. The third-order valence-electron chi connectivity index (χ3n) is 6.97. The van der Waals surface area contributed by atoms with Gasteiger partial charge in [-0.15, -0.1) is 0 Å². The van der Waals surface area contributed by atoms with Gasteiger partial charge in [-0.3, -0.25) is 0 Å². The SMILES string of the molecule is COc1cc(C(=O)O)c2c(C(=O)O)cc(OC)c3c4c(OC)cc(C(=O)O)c5c(C(=O)O)cc(OC)c(c1c23)c54. The number of fused-ring (bicyclic) bond motifs is 2. The summed E-state index contributed by atoms with van der Waals surface area (Å²) in [5.74, 6) is -5.76. The van der Waals surface area contributed by atoms with Gasteiger partial charge in [0.05, 0.1) is 50.7 Å². The summed E-state index contributed by atoms with van der Waals surface area (Å²) in [6, 6.07) is 4.62. The van der Waals surface area contributed by atoms with Gasteiger partial charge in [0.1, 0.15) is 23.0 Å². The first-order valence-electron chi connectivity index (χ1n) is 11.5. The van der Waals surface area contributed by atoms with Crippen molar-refractivity contribution in [2.75, 3.05) is 28.4 Å². The molecule has 0 atom stereocenters. The molecule has 0 aliphatic carbocycles. The summed E-state index contributed by atoms with van der Waals surface area (Å²) in [6.45, 7) is 0. The Kier molecular flexibility index (Phi) is 5.90. The fraction of sp³-hybridized carbons (Fsp3) is 0.143. The highest BCUT2D eigenvalue weighted by atomic mass is 16.5. The molecule has 0 unspecified atom stereocenters. The second kappa shape index (κ2) is 9.05. The molecule has 12 nitrogen and oxygen atoms in total. The largest absolute Gasteiger partial charge is 0.496 e. The van der Waals surface area contributed by atoms with Crippen LogP contribution in [0, 0.1) is 0 Å². The van der Waals surface area contributed by atoms with E-state index < -0.39 is 23.9 Å². The van der Waals surface area contributed by atoms with Gasteiger partial charge in [-0.1, -0.05) is 0 Å². The topological polar surface area (TPSA) is 186 Å². The number of carboxylic acid groups (broad SMARTS) is 4. The Balaban J connectivity index is 2.38. The van der Waals surface area contributed by atoms with Crippen molar-refractivity contribution in [2.24, 2.45) is 0 Å². The summed E-state index contributed by atoms with van der Waals surface area (Å²) in [5, 5.41) is 40.9. The van der Waals surface area contributed by atoms with Crippen molar-refractivity contribution in [3.63, 3.8) is 0 Å². The van der Waals surface area contributed by atoms with E-state index in [0.717, 1.165) is 24.3 Å². The first kappa shape index (κ1) is 26.1. The summed E-state index contributed by atoms with van der Waals surface area (Å²) in [7, 11) is 5.11. The number of aromatic carboxylic acids is 4. The average molecular weight is 548 g/mol. The molecule has 0 bridgehead atoms. The maximum absolute atomic E-state index is 12.4. The fourth-order valence-corrected chi connectivity index (χ4v) is 5.48. The maximum atomic E-state index is 12.4. The molecule has 5 aromatic carbocycles. The van der Waals surface area contributed by atoms with Crippen LogP contribution in [0.2, 0.25) is 0 Å². The van der Waals surface area contributed by atoms with E-state index in [2.05, 4.69) is 0 Å². The van der Waals surface area contributed by atoms with Crippen LogP contribution < -0.4 is 18.9 Å². The number of carbonyl (C=O) groups is 4. The minimum atomic E-state index is -1.43. The normalized spacial score (nSPS) is 11.3. The van der Waals surface area contributed by atoms with Crippen LogP contribution in [0.25, 0.3) is 43.1 Å². The molecule has 0 radical (unpaired) electrons. The Hall–Kier alpha value is -5.52. The van der Waals surface area contributed by atoms with E-state index in [0.29, 0.717) is 0 Å². The number of hydrogen-bond acceptors (Lipinski definition) is 8. The van der Waals surface area contributed by atoms with E-state index in [9.17, 15) is 39.6 Å². The summed E-state index contributed by atoms with van der Waals surface area (Å²) < 4.78 is 22.3. The molecule has 204 valence electrons. The van der Waals surface area contributed by atoms with Crippen LogP contribution in [-0.4, -0.2) is 72.7 Å². The zero-order valence-electron chi connectivity index (χ0n) is 21.4. The monoisotopic (exact) mass is 548 g/mol.